The maximum Gasteiger partial charge on any atom is 0.0669 e. The molecule has 10 rings (SSSR count). The lowest BCUT2D eigenvalue weighted by atomic mass is 9.79. The second kappa shape index (κ2) is 18.8. The first-order valence-corrected chi connectivity index (χ1v) is 22.6. The van der Waals surface area contributed by atoms with Gasteiger partial charge in [0, 0.05) is 23.4 Å². The average Bonchev–Trinajstić information content (AvgIpc) is 3.63. The van der Waals surface area contributed by atoms with Crippen LogP contribution in [0.2, 0.25) is 0 Å². The van der Waals surface area contributed by atoms with Crippen LogP contribution in [0.1, 0.15) is 53.4 Å². The van der Waals surface area contributed by atoms with E-state index < -0.39 is 0 Å². The summed E-state index contributed by atoms with van der Waals surface area (Å²) in [5, 5.41) is 0. The van der Waals surface area contributed by atoms with E-state index in [-0.39, 0.29) is 18.0 Å². The van der Waals surface area contributed by atoms with E-state index in [1.54, 1.807) is 0 Å². The molecule has 4 aliphatic carbocycles. The van der Waals surface area contributed by atoms with E-state index in [1.165, 1.54) is 66.9 Å². The van der Waals surface area contributed by atoms with E-state index in [0.29, 0.717) is 11.8 Å². The molecule has 0 bridgehead atoms. The molecule has 0 amide bonds. The lowest BCUT2D eigenvalue weighted by Crippen LogP contribution is -2.41. The summed E-state index contributed by atoms with van der Waals surface area (Å²) >= 11 is 0. The fourth-order valence-electron chi connectivity index (χ4n) is 9.68. The van der Waals surface area contributed by atoms with Crippen molar-refractivity contribution < 1.29 is 0 Å². The van der Waals surface area contributed by atoms with Gasteiger partial charge >= 0.3 is 0 Å². The fraction of sp³-hybridized carbons (Fsp3) is 0.129. The molecular formula is C62H53N. The number of benzene rings is 6. The molecule has 5 unspecified atom stereocenters. The van der Waals surface area contributed by atoms with Crippen LogP contribution in [-0.4, -0.2) is 12.1 Å². The van der Waals surface area contributed by atoms with E-state index in [2.05, 4.69) is 260 Å². The first-order chi connectivity index (χ1) is 31.2. The van der Waals surface area contributed by atoms with Gasteiger partial charge in [0.2, 0.25) is 0 Å². The summed E-state index contributed by atoms with van der Waals surface area (Å²) < 4.78 is 0. The minimum Gasteiger partial charge on any atom is -0.355 e. The molecule has 0 fully saturated rings. The predicted molar refractivity (Wildman–Crippen MR) is 268 cm³/mol. The molecular weight excluding hydrogens is 759 g/mol. The largest absolute Gasteiger partial charge is 0.355 e. The van der Waals surface area contributed by atoms with E-state index in [0.717, 1.165) is 19.3 Å². The summed E-state index contributed by atoms with van der Waals surface area (Å²) in [6.07, 6.45) is 38.1. The molecule has 5 atom stereocenters. The van der Waals surface area contributed by atoms with Crippen LogP contribution in [0.3, 0.4) is 0 Å². The Hall–Kier alpha value is -7.22. The minimum atomic E-state index is 0.0904. The summed E-state index contributed by atoms with van der Waals surface area (Å²) in [4.78, 5) is 2.59. The van der Waals surface area contributed by atoms with Crippen molar-refractivity contribution in [2.75, 3.05) is 4.90 Å². The molecule has 0 heterocycles. The highest BCUT2D eigenvalue weighted by Crippen LogP contribution is 2.39. The standard InChI is InChI=1S/C62H53N/c1-5-14-46(15-6-1)51-24-30-56(31-25-51)62(57-32-26-52(27-33-57)47-16-7-2-8-17-47)58-34-28-53(29-35-58)50-22-13-23-59(41-36-50)63(60-42-37-54(38-43-60)48-18-9-3-10-19-48)61-44-39-55(40-45-61)49-20-11-4-12-21-49/h1-16,18-28,30-44,47,53,59,61-62H,17,29,45H2. The molecule has 0 saturated heterocycles. The van der Waals surface area contributed by atoms with Crippen molar-refractivity contribution in [1.82, 2.24) is 0 Å². The number of hydrogen-bond donors (Lipinski definition) is 0. The van der Waals surface area contributed by atoms with Crippen LogP contribution >= 0.6 is 0 Å². The van der Waals surface area contributed by atoms with Crippen LogP contribution in [0.25, 0.3) is 27.8 Å². The Morgan fingerprint density at radius 2 is 1.05 bits per heavy atom. The molecule has 4 aliphatic rings. The smallest absolute Gasteiger partial charge is 0.0669 e. The monoisotopic (exact) mass is 811 g/mol. The van der Waals surface area contributed by atoms with Gasteiger partial charge in [-0.3, -0.25) is 0 Å². The Balaban J connectivity index is 0.898. The maximum atomic E-state index is 2.59. The van der Waals surface area contributed by atoms with Gasteiger partial charge in [-0.15, -0.1) is 0 Å². The summed E-state index contributed by atoms with van der Waals surface area (Å²) in [5.74, 6) is 0.882. The Bertz CT molecular complexity index is 2770. The highest BCUT2D eigenvalue weighted by Gasteiger charge is 2.26. The van der Waals surface area contributed by atoms with Gasteiger partial charge in [-0.05, 0) is 92.6 Å². The Morgan fingerprint density at radius 1 is 0.429 bits per heavy atom. The minimum absolute atomic E-state index is 0.0904. The van der Waals surface area contributed by atoms with Gasteiger partial charge in [-0.25, -0.2) is 0 Å². The van der Waals surface area contributed by atoms with Gasteiger partial charge in [0.25, 0.3) is 0 Å². The predicted octanol–water partition coefficient (Wildman–Crippen LogP) is 15.6. The van der Waals surface area contributed by atoms with Crippen LogP contribution in [0.15, 0.2) is 266 Å². The first-order valence-electron chi connectivity index (χ1n) is 22.6. The van der Waals surface area contributed by atoms with Gasteiger partial charge in [-0.1, -0.05) is 243 Å². The molecule has 1 heteroatoms. The Kier molecular flexibility index (Phi) is 11.9. The van der Waals surface area contributed by atoms with Crippen LogP contribution in [0.5, 0.6) is 0 Å². The van der Waals surface area contributed by atoms with Crippen LogP contribution in [0.4, 0.5) is 5.69 Å². The molecule has 0 aromatic heterocycles. The molecule has 0 radical (unpaired) electrons. The third-order valence-electron chi connectivity index (χ3n) is 13.1. The van der Waals surface area contributed by atoms with Crippen molar-refractivity contribution in [3.63, 3.8) is 0 Å². The molecule has 63 heavy (non-hydrogen) atoms. The zero-order valence-corrected chi connectivity index (χ0v) is 35.7. The van der Waals surface area contributed by atoms with Gasteiger partial charge in [0.1, 0.15) is 0 Å². The van der Waals surface area contributed by atoms with Gasteiger partial charge in [0.05, 0.1) is 12.1 Å². The molecule has 306 valence electrons. The topological polar surface area (TPSA) is 3.24 Å². The lowest BCUT2D eigenvalue weighted by molar-refractivity contribution is 0.675. The third-order valence-corrected chi connectivity index (χ3v) is 13.1. The van der Waals surface area contributed by atoms with Crippen molar-refractivity contribution >= 4 is 11.3 Å². The first kappa shape index (κ1) is 39.9. The Morgan fingerprint density at radius 3 is 1.63 bits per heavy atom. The highest BCUT2D eigenvalue weighted by atomic mass is 15.2. The van der Waals surface area contributed by atoms with Crippen LogP contribution in [-0.2, 0) is 0 Å². The molecule has 0 N–H and O–H groups in total. The SMILES string of the molecule is C1=CCC(c2ccc(C(C3=CCC(C4=CC=CC(N(c5ccc(-c6ccccc6)cc5)C5C=CC(c6ccccc6)=CC5)C=C4)C=C3)c3ccc(-c4ccccc4)cc3)cc2)C=C1. The third kappa shape index (κ3) is 9.06. The fourth-order valence-corrected chi connectivity index (χ4v) is 9.68. The van der Waals surface area contributed by atoms with E-state index in [4.69, 9.17) is 0 Å². The van der Waals surface area contributed by atoms with Crippen LogP contribution in [0, 0.1) is 5.92 Å². The van der Waals surface area contributed by atoms with Crippen molar-refractivity contribution in [2.24, 2.45) is 5.92 Å². The van der Waals surface area contributed by atoms with Crippen molar-refractivity contribution in [2.45, 2.75) is 43.2 Å². The number of hydrogen-bond acceptors (Lipinski definition) is 1. The average molecular weight is 812 g/mol. The molecule has 0 aliphatic heterocycles. The molecule has 0 spiro atoms. The lowest BCUT2D eigenvalue weighted by Gasteiger charge is -2.37. The van der Waals surface area contributed by atoms with Gasteiger partial charge in [0.15, 0.2) is 0 Å². The zero-order valence-electron chi connectivity index (χ0n) is 35.7. The van der Waals surface area contributed by atoms with Crippen molar-refractivity contribution in [3.8, 4) is 22.3 Å². The van der Waals surface area contributed by atoms with Crippen molar-refractivity contribution in [1.29, 1.82) is 0 Å². The van der Waals surface area contributed by atoms with Gasteiger partial charge < -0.3 is 4.90 Å². The second-order valence-corrected chi connectivity index (χ2v) is 17.1. The molecule has 6 aromatic rings. The summed E-state index contributed by atoms with van der Waals surface area (Å²) in [6.45, 7) is 0. The summed E-state index contributed by atoms with van der Waals surface area (Å²) in [7, 11) is 0. The van der Waals surface area contributed by atoms with E-state index in [1.807, 2.05) is 0 Å². The van der Waals surface area contributed by atoms with Crippen LogP contribution < -0.4 is 4.90 Å². The zero-order chi connectivity index (χ0) is 42.2. The van der Waals surface area contributed by atoms with Gasteiger partial charge in [-0.2, -0.15) is 0 Å². The van der Waals surface area contributed by atoms with Crippen molar-refractivity contribution in [3.05, 3.63) is 288 Å². The molecule has 1 nitrogen and oxygen atoms in total. The second-order valence-electron chi connectivity index (χ2n) is 17.1. The maximum absolute atomic E-state index is 2.59. The van der Waals surface area contributed by atoms with E-state index in [9.17, 15) is 0 Å². The molecule has 0 saturated carbocycles. The quantitative estimate of drug-likeness (QED) is 0.126. The number of nitrogens with zero attached hydrogens (tertiary/aromatic N) is 1. The Labute approximate surface area is 374 Å². The summed E-state index contributed by atoms with van der Waals surface area (Å²) in [5.41, 5.74) is 15.4. The number of allylic oxidation sites excluding steroid dienone is 14. The molecule has 6 aromatic carbocycles. The number of rotatable bonds is 11. The van der Waals surface area contributed by atoms with E-state index >= 15 is 0 Å². The summed E-state index contributed by atoms with van der Waals surface area (Å²) in [6, 6.07) is 60.2. The number of anilines is 1. The normalized spacial score (nSPS) is 20.7. The highest BCUT2D eigenvalue weighted by molar-refractivity contribution is 5.76.